The van der Waals surface area contributed by atoms with Gasteiger partial charge in [-0.2, -0.15) is 0 Å². The number of ether oxygens (including phenoxy) is 2. The predicted octanol–water partition coefficient (Wildman–Crippen LogP) is 4.51. The molecule has 4 amide bonds. The Hall–Kier alpha value is -7.98. The van der Waals surface area contributed by atoms with Crippen molar-refractivity contribution in [3.05, 3.63) is 104 Å². The molecule has 2 aromatic heterocycles. The average Bonchev–Trinajstić information content (AvgIpc) is 3.77. The van der Waals surface area contributed by atoms with Crippen LogP contribution in [0.5, 0.6) is 5.75 Å². The highest BCUT2D eigenvalue weighted by molar-refractivity contribution is 5.93. The van der Waals surface area contributed by atoms with Crippen molar-refractivity contribution in [3.63, 3.8) is 0 Å². The van der Waals surface area contributed by atoms with Crippen LogP contribution in [-0.4, -0.2) is 120 Å². The van der Waals surface area contributed by atoms with Gasteiger partial charge in [-0.05, 0) is 103 Å². The first-order chi connectivity index (χ1) is 36.4. The van der Waals surface area contributed by atoms with Crippen molar-refractivity contribution in [2.45, 2.75) is 132 Å². The van der Waals surface area contributed by atoms with Crippen LogP contribution in [0.4, 0.5) is 9.18 Å². The first-order valence-electron chi connectivity index (χ1n) is 24.7. The average molecular weight is 1080 g/mol. The summed E-state index contributed by atoms with van der Waals surface area (Å²) < 4.78 is 25.5. The molecule has 22 heteroatoms. The number of nitrogens with zero attached hydrogens (tertiary/aromatic N) is 3. The Kier molecular flexibility index (Phi) is 33.1. The van der Waals surface area contributed by atoms with Crippen LogP contribution in [0.25, 0.3) is 22.3 Å². The first-order valence-corrected chi connectivity index (χ1v) is 24.7. The van der Waals surface area contributed by atoms with Crippen molar-refractivity contribution in [1.82, 2.24) is 30.4 Å². The molecule has 8 N–H and O–H groups in total. The number of benzene rings is 2. The Labute approximate surface area is 449 Å². The number of allylic oxidation sites excluding steroid dienone is 1. The fourth-order valence-corrected chi connectivity index (χ4v) is 6.90. The van der Waals surface area contributed by atoms with Crippen LogP contribution in [0.1, 0.15) is 107 Å². The van der Waals surface area contributed by atoms with Gasteiger partial charge in [-0.3, -0.25) is 28.8 Å². The Morgan fingerprint density at radius 1 is 0.896 bits per heavy atom. The summed E-state index contributed by atoms with van der Waals surface area (Å²) in [6.45, 7) is 16.3. The lowest BCUT2D eigenvalue weighted by Gasteiger charge is -2.21. The largest absolute Gasteiger partial charge is 0.507 e. The number of aldehydes is 4. The molecule has 0 fully saturated rings. The second-order valence-electron chi connectivity index (χ2n) is 17.1. The normalized spacial score (nSPS) is 12.1. The van der Waals surface area contributed by atoms with E-state index in [1.165, 1.54) is 43.5 Å². The van der Waals surface area contributed by atoms with E-state index in [1.54, 1.807) is 39.4 Å². The molecule has 2 aromatic carbocycles. The Balaban J connectivity index is 0.00000103. The van der Waals surface area contributed by atoms with Gasteiger partial charge in [0.2, 0.25) is 17.7 Å². The summed E-state index contributed by atoms with van der Waals surface area (Å²) in [7, 11) is 5.07. The van der Waals surface area contributed by atoms with Gasteiger partial charge in [0.25, 0.3) is 5.56 Å². The van der Waals surface area contributed by atoms with E-state index in [9.17, 15) is 52.6 Å². The quantitative estimate of drug-likeness (QED) is 0.0450. The van der Waals surface area contributed by atoms with E-state index >= 15 is 0 Å². The van der Waals surface area contributed by atoms with Crippen molar-refractivity contribution in [2.75, 3.05) is 27.7 Å². The molecule has 0 radical (unpaired) electrons. The van der Waals surface area contributed by atoms with E-state index in [-0.39, 0.29) is 73.1 Å². The Morgan fingerprint density at radius 2 is 1.49 bits per heavy atom. The lowest BCUT2D eigenvalue weighted by molar-refractivity contribution is -0.142. The van der Waals surface area contributed by atoms with Gasteiger partial charge in [0.15, 0.2) is 0 Å². The second-order valence-corrected chi connectivity index (χ2v) is 17.1. The topological polar surface area (TPSA) is 319 Å². The molecular weight excluding hydrogens is 1000 g/mol. The number of pyridine rings is 2. The van der Waals surface area contributed by atoms with E-state index < -0.39 is 23.7 Å². The highest BCUT2D eigenvalue weighted by atomic mass is 19.1. The van der Waals surface area contributed by atoms with Crippen LogP contribution < -0.4 is 33.0 Å². The minimum Gasteiger partial charge on any atom is -0.507 e. The molecule has 422 valence electrons. The summed E-state index contributed by atoms with van der Waals surface area (Å²) in [5.41, 5.74) is 16.9. The number of amides is 4. The van der Waals surface area contributed by atoms with Gasteiger partial charge in [0, 0.05) is 68.6 Å². The van der Waals surface area contributed by atoms with Gasteiger partial charge >= 0.3 is 12.1 Å². The molecule has 0 bridgehead atoms. The van der Waals surface area contributed by atoms with E-state index in [0.29, 0.717) is 48.0 Å². The van der Waals surface area contributed by atoms with Crippen molar-refractivity contribution in [2.24, 2.45) is 11.5 Å². The summed E-state index contributed by atoms with van der Waals surface area (Å²) in [6, 6.07) is 10.3. The molecule has 2 aliphatic rings. The molecule has 0 spiro atoms. The van der Waals surface area contributed by atoms with Crippen molar-refractivity contribution in [3.8, 4) is 17.1 Å². The van der Waals surface area contributed by atoms with E-state index in [1.807, 2.05) is 52.0 Å². The highest BCUT2D eigenvalue weighted by Gasteiger charge is 2.31. The summed E-state index contributed by atoms with van der Waals surface area (Å²) in [4.78, 5) is 112. The monoisotopic (exact) mass is 1080 g/mol. The number of fused-ring (bicyclic) bond motifs is 4. The number of halogens is 1. The third kappa shape index (κ3) is 24.1. The lowest BCUT2D eigenvalue weighted by atomic mass is 9.85. The number of nitrogens with two attached hydrogens (primary N) is 2. The van der Waals surface area contributed by atoms with Gasteiger partial charge in [0.1, 0.15) is 49.9 Å². The molecule has 4 aromatic rings. The predicted molar refractivity (Wildman–Crippen MR) is 291 cm³/mol. The molecule has 77 heavy (non-hydrogen) atoms. The van der Waals surface area contributed by atoms with Gasteiger partial charge < -0.3 is 65.8 Å². The van der Waals surface area contributed by atoms with E-state index in [4.69, 9.17) is 26.0 Å². The number of rotatable bonds is 16. The molecule has 0 saturated carbocycles. The summed E-state index contributed by atoms with van der Waals surface area (Å²) in [5, 5.41) is 19.5. The van der Waals surface area contributed by atoms with Crippen molar-refractivity contribution >= 4 is 65.8 Å². The number of nitrogens with one attached hydrogen (secondary N) is 3. The molecule has 1 aliphatic heterocycles. The molecule has 1 aliphatic carbocycles. The molecule has 6 rings (SSSR count). The zero-order chi connectivity index (χ0) is 58.9. The van der Waals surface area contributed by atoms with E-state index in [2.05, 4.69) is 20.7 Å². The lowest BCUT2D eigenvalue weighted by Crippen LogP contribution is -2.36. The van der Waals surface area contributed by atoms with Crippen LogP contribution in [0.2, 0.25) is 0 Å². The maximum Gasteiger partial charge on any atom is 0.404 e. The summed E-state index contributed by atoms with van der Waals surface area (Å²) >= 11 is 0. The standard InChI is InChI=1S/C22H19FN2O4.C11H16N2O4.C9H11NO2.C5H12N2O.C4H9NO.C2H4O.C2H6/c1-10-12-4-3-5-13-14-8-25-18(21(14)24-17(20(12)13)6-16(10)23)7-19(27)15(22(25)28)9-29-11(2)26;1-9(8-15)12-10(16)5-6-13(2)11(17)4-3-7-14;1-7-2-4-8(5-3-7)6-12-9(10)11;1-4(7-2)3-5(6)8;1-4(3-6)5-2;1-2-3;1-2/h6-7,27H,3-5,8-9H2,1-2H3;3-4,7-9H,5-6H2,1-2H3,(H,12,16);2-5H,6H2,1H3,(H2,10,11);4,7H,3H2,1-2H3,(H2,6,8);3-5H,1-2H3;2H,1H3;1-2H3/b;4-3-;;;;;/t;;;;4-;;/m....0../s1. The van der Waals surface area contributed by atoms with Gasteiger partial charge in [-0.1, -0.05) is 43.7 Å². The Bertz CT molecular complexity index is 2710. The summed E-state index contributed by atoms with van der Waals surface area (Å²) in [6.07, 6.45) is 7.30. The fourth-order valence-electron chi connectivity index (χ4n) is 6.90. The number of esters is 1. The molecular formula is C55H77FN8O13. The molecule has 0 saturated heterocycles. The zero-order valence-electron chi connectivity index (χ0n) is 46.2. The smallest absolute Gasteiger partial charge is 0.404 e. The highest BCUT2D eigenvalue weighted by Crippen LogP contribution is 2.41. The Morgan fingerprint density at radius 3 is 1.99 bits per heavy atom. The zero-order valence-corrected chi connectivity index (χ0v) is 46.2. The minimum atomic E-state index is -0.740. The fraction of sp³-hybridized carbons (Fsp3) is 0.436. The van der Waals surface area contributed by atoms with Crippen LogP contribution in [0.3, 0.4) is 0 Å². The van der Waals surface area contributed by atoms with Crippen molar-refractivity contribution < 1.29 is 62.1 Å². The van der Waals surface area contributed by atoms with Gasteiger partial charge in [0.05, 0.1) is 41.1 Å². The molecule has 3 heterocycles. The first kappa shape index (κ1) is 69.0. The third-order valence-corrected chi connectivity index (χ3v) is 11.1. The number of aromatic nitrogens is 2. The van der Waals surface area contributed by atoms with Crippen LogP contribution >= 0.6 is 0 Å². The number of aromatic hydroxyl groups is 1. The molecule has 2 unspecified atom stereocenters. The number of hydrogen-bond acceptors (Lipinski definition) is 16. The second kappa shape index (κ2) is 36.9. The van der Waals surface area contributed by atoms with Crippen LogP contribution in [0, 0.1) is 19.7 Å². The molecule has 21 nitrogen and oxygen atoms in total. The van der Waals surface area contributed by atoms with Crippen molar-refractivity contribution in [1.29, 1.82) is 0 Å². The maximum atomic E-state index is 14.5. The van der Waals surface area contributed by atoms with Gasteiger partial charge in [-0.25, -0.2) is 14.2 Å². The number of aryl methyl sites for hydroxylation is 3. The number of carbonyl (C=O) groups is 9. The number of primary amides is 2. The van der Waals surface area contributed by atoms with Gasteiger partial charge in [-0.15, -0.1) is 0 Å². The van der Waals surface area contributed by atoms with Crippen LogP contribution in [-0.2, 0) is 80.4 Å². The minimum absolute atomic E-state index is 0.00463. The number of likely N-dealkylation sites (N-methyl/N-ethyl adjacent to an activating group) is 2. The number of carbonyl (C=O) groups excluding carboxylic acids is 9. The third-order valence-electron chi connectivity index (χ3n) is 11.1. The molecule has 3 atom stereocenters. The number of hydrogen-bond donors (Lipinski definition) is 6. The maximum absolute atomic E-state index is 14.5. The van der Waals surface area contributed by atoms with E-state index in [0.717, 1.165) is 71.6 Å². The summed E-state index contributed by atoms with van der Waals surface area (Å²) in [5.74, 6) is -1.95. The van der Waals surface area contributed by atoms with Crippen LogP contribution in [0.15, 0.2) is 53.3 Å². The SMILES string of the molecule is CC.CC(=O)OCc1c(O)cc2n(c1=O)Cc1c-2nc2cc(F)c(C)c3c2c1CCC3.CC(C=O)NC(=O)CCN(C)C(=O)/C=C\C=O.CC=O.CNC(C)CC(N)=O.CN[C@@H](C)C=O.Cc1ccc(COC(N)=O)cc1.